The molecule has 17 heavy (non-hydrogen) atoms. The van der Waals surface area contributed by atoms with Gasteiger partial charge >= 0.3 is 0 Å². The number of anilines is 1. The summed E-state index contributed by atoms with van der Waals surface area (Å²) in [7, 11) is 0. The molecule has 0 heterocycles. The summed E-state index contributed by atoms with van der Waals surface area (Å²) >= 11 is 0. The minimum absolute atomic E-state index is 0.0402. The van der Waals surface area contributed by atoms with Gasteiger partial charge in [-0.25, -0.2) is 4.39 Å². The Morgan fingerprint density at radius 1 is 1.59 bits per heavy atom. The van der Waals surface area contributed by atoms with Gasteiger partial charge in [0, 0.05) is 12.1 Å². The average molecular weight is 240 g/mol. The van der Waals surface area contributed by atoms with Crippen molar-refractivity contribution >= 4 is 11.6 Å². The summed E-state index contributed by atoms with van der Waals surface area (Å²) in [6.45, 7) is 2.17. The van der Waals surface area contributed by atoms with Crippen LogP contribution in [-0.2, 0) is 0 Å². The Kier molecular flexibility index (Phi) is 4.90. The molecule has 0 spiro atoms. The predicted octanol–water partition coefficient (Wildman–Crippen LogP) is 1.30. The van der Waals surface area contributed by atoms with Gasteiger partial charge < -0.3 is 16.2 Å². The summed E-state index contributed by atoms with van der Waals surface area (Å²) in [4.78, 5) is 11.6. The number of rotatable bonds is 5. The average Bonchev–Trinajstić information content (AvgIpc) is 2.27. The number of nitrogen functional groups attached to an aromatic ring is 1. The number of halogens is 1. The second kappa shape index (κ2) is 6.20. The van der Waals surface area contributed by atoms with Crippen LogP contribution in [0, 0.1) is 5.82 Å². The molecule has 5 heteroatoms. The quantitative estimate of drug-likeness (QED) is 0.536. The van der Waals surface area contributed by atoms with Gasteiger partial charge in [-0.15, -0.1) is 0 Å². The lowest BCUT2D eigenvalue weighted by molar-refractivity contribution is 0.0949. The first kappa shape index (κ1) is 13.4. The van der Waals surface area contributed by atoms with Gasteiger partial charge in [-0.1, -0.05) is 0 Å². The van der Waals surface area contributed by atoms with Gasteiger partial charge in [-0.2, -0.15) is 0 Å². The van der Waals surface area contributed by atoms with Crippen molar-refractivity contribution in [3.8, 4) is 0 Å². The molecule has 1 aromatic carbocycles. The van der Waals surface area contributed by atoms with E-state index in [0.29, 0.717) is 24.9 Å². The Morgan fingerprint density at radius 3 is 2.88 bits per heavy atom. The smallest absolute Gasteiger partial charge is 0.251 e. The fraction of sp³-hybridized carbons (Fsp3) is 0.417. The maximum atomic E-state index is 12.9. The molecule has 94 valence electrons. The lowest BCUT2D eigenvalue weighted by atomic mass is 10.1. The fourth-order valence-electron chi connectivity index (χ4n) is 1.39. The maximum Gasteiger partial charge on any atom is 0.251 e. The first-order chi connectivity index (χ1) is 8.00. The number of aliphatic hydroxyl groups excluding tert-OH is 1. The van der Waals surface area contributed by atoms with Crippen molar-refractivity contribution in [2.75, 3.05) is 12.3 Å². The van der Waals surface area contributed by atoms with E-state index >= 15 is 0 Å². The number of aliphatic hydroxyl groups is 1. The van der Waals surface area contributed by atoms with Crippen LogP contribution in [0.25, 0.3) is 0 Å². The molecule has 4 nitrogen and oxygen atoms in total. The third-order valence-corrected chi connectivity index (χ3v) is 2.34. The summed E-state index contributed by atoms with van der Waals surface area (Å²) in [5.41, 5.74) is 5.66. The van der Waals surface area contributed by atoms with E-state index in [4.69, 9.17) is 10.8 Å². The van der Waals surface area contributed by atoms with Gasteiger partial charge in [0.05, 0.1) is 11.8 Å². The third kappa shape index (κ3) is 4.40. The van der Waals surface area contributed by atoms with Gasteiger partial charge in [0.15, 0.2) is 0 Å². The van der Waals surface area contributed by atoms with Crippen LogP contribution in [-0.4, -0.2) is 23.7 Å². The molecule has 0 aromatic heterocycles. The van der Waals surface area contributed by atoms with Crippen molar-refractivity contribution in [3.63, 3.8) is 0 Å². The van der Waals surface area contributed by atoms with E-state index in [-0.39, 0.29) is 17.7 Å². The largest absolute Gasteiger partial charge is 0.396 e. The highest BCUT2D eigenvalue weighted by molar-refractivity contribution is 5.94. The number of hydrogen-bond donors (Lipinski definition) is 3. The second-order valence-corrected chi connectivity index (χ2v) is 3.98. The number of benzene rings is 1. The Labute approximate surface area is 99.6 Å². The minimum Gasteiger partial charge on any atom is -0.396 e. The van der Waals surface area contributed by atoms with Gasteiger partial charge in [0.2, 0.25) is 0 Å². The van der Waals surface area contributed by atoms with Crippen molar-refractivity contribution in [2.45, 2.75) is 25.9 Å². The van der Waals surface area contributed by atoms with E-state index in [9.17, 15) is 9.18 Å². The number of carbonyl (C=O) groups is 1. The molecule has 0 aliphatic rings. The van der Waals surface area contributed by atoms with E-state index in [1.165, 1.54) is 18.2 Å². The summed E-state index contributed by atoms with van der Waals surface area (Å²) in [6, 6.07) is 3.86. The molecule has 0 aliphatic heterocycles. The lowest BCUT2D eigenvalue weighted by Gasteiger charge is -2.07. The number of nitrogens with two attached hydrogens (primary N) is 1. The molecular formula is C12H17FN2O2. The zero-order valence-electron chi connectivity index (χ0n) is 9.74. The highest BCUT2D eigenvalue weighted by Gasteiger charge is 2.07. The first-order valence-electron chi connectivity index (χ1n) is 5.52. The SMILES string of the molecule is CC(O)CCCNC(=O)c1ccc(F)c(N)c1. The van der Waals surface area contributed by atoms with Gasteiger partial charge in [0.25, 0.3) is 5.91 Å². The molecule has 0 aliphatic carbocycles. The van der Waals surface area contributed by atoms with Crippen LogP contribution in [0.4, 0.5) is 10.1 Å². The van der Waals surface area contributed by atoms with E-state index in [2.05, 4.69) is 5.32 Å². The van der Waals surface area contributed by atoms with Crippen LogP contribution in [0.2, 0.25) is 0 Å². The molecule has 1 unspecified atom stereocenters. The van der Waals surface area contributed by atoms with E-state index in [0.717, 1.165) is 0 Å². The van der Waals surface area contributed by atoms with Crippen molar-refractivity contribution < 1.29 is 14.3 Å². The normalized spacial score (nSPS) is 12.2. The summed E-state index contributed by atoms with van der Waals surface area (Å²) in [6.07, 6.45) is 0.958. The molecule has 0 radical (unpaired) electrons. The standard InChI is InChI=1S/C12H17FN2O2/c1-8(16)3-2-6-15-12(17)9-4-5-10(13)11(14)7-9/h4-5,7-8,16H,2-3,6,14H2,1H3,(H,15,17). The molecule has 0 saturated carbocycles. The van der Waals surface area contributed by atoms with Crippen molar-refractivity contribution in [3.05, 3.63) is 29.6 Å². The minimum atomic E-state index is -0.532. The van der Waals surface area contributed by atoms with Crippen LogP contribution in [0.1, 0.15) is 30.1 Å². The van der Waals surface area contributed by atoms with Crippen LogP contribution in [0.5, 0.6) is 0 Å². The van der Waals surface area contributed by atoms with Crippen LogP contribution in [0.15, 0.2) is 18.2 Å². The number of nitrogens with one attached hydrogen (secondary N) is 1. The maximum absolute atomic E-state index is 12.9. The summed E-state index contributed by atoms with van der Waals surface area (Å²) in [5.74, 6) is -0.821. The van der Waals surface area contributed by atoms with E-state index < -0.39 is 5.82 Å². The predicted molar refractivity (Wildman–Crippen MR) is 64.1 cm³/mol. The monoisotopic (exact) mass is 240 g/mol. The second-order valence-electron chi connectivity index (χ2n) is 3.98. The van der Waals surface area contributed by atoms with Crippen LogP contribution in [0.3, 0.4) is 0 Å². The highest BCUT2D eigenvalue weighted by atomic mass is 19.1. The van der Waals surface area contributed by atoms with Gasteiger partial charge in [-0.05, 0) is 38.0 Å². The lowest BCUT2D eigenvalue weighted by Crippen LogP contribution is -2.25. The zero-order chi connectivity index (χ0) is 12.8. The van der Waals surface area contributed by atoms with E-state index in [1.54, 1.807) is 6.92 Å². The molecular weight excluding hydrogens is 223 g/mol. The third-order valence-electron chi connectivity index (χ3n) is 2.34. The molecule has 1 rings (SSSR count). The summed E-state index contributed by atoms with van der Waals surface area (Å²) in [5, 5.41) is 11.7. The number of amides is 1. The van der Waals surface area contributed by atoms with Crippen molar-refractivity contribution in [1.29, 1.82) is 0 Å². The Morgan fingerprint density at radius 2 is 2.29 bits per heavy atom. The van der Waals surface area contributed by atoms with Gasteiger partial charge in [-0.3, -0.25) is 4.79 Å². The summed E-state index contributed by atoms with van der Waals surface area (Å²) < 4.78 is 12.9. The highest BCUT2D eigenvalue weighted by Crippen LogP contribution is 2.12. The topological polar surface area (TPSA) is 75.3 Å². The Balaban J connectivity index is 2.44. The molecule has 0 fully saturated rings. The number of hydrogen-bond acceptors (Lipinski definition) is 3. The molecule has 1 aromatic rings. The Bertz CT molecular complexity index is 394. The molecule has 4 N–H and O–H groups in total. The molecule has 1 amide bonds. The fourth-order valence-corrected chi connectivity index (χ4v) is 1.39. The van der Waals surface area contributed by atoms with E-state index in [1.807, 2.05) is 0 Å². The van der Waals surface area contributed by atoms with Crippen molar-refractivity contribution in [2.24, 2.45) is 0 Å². The first-order valence-corrected chi connectivity index (χ1v) is 5.52. The molecule has 1 atom stereocenters. The number of carbonyl (C=O) groups excluding carboxylic acids is 1. The van der Waals surface area contributed by atoms with Crippen molar-refractivity contribution in [1.82, 2.24) is 5.32 Å². The molecule has 0 bridgehead atoms. The van der Waals surface area contributed by atoms with Crippen LogP contribution >= 0.6 is 0 Å². The Hall–Kier alpha value is -1.62. The molecule has 0 saturated heterocycles. The van der Waals surface area contributed by atoms with Crippen LogP contribution < -0.4 is 11.1 Å². The van der Waals surface area contributed by atoms with Gasteiger partial charge in [0.1, 0.15) is 5.82 Å². The zero-order valence-corrected chi connectivity index (χ0v) is 9.74.